The highest BCUT2D eigenvalue weighted by atomic mass is 32.2. The number of benzene rings is 1. The van der Waals surface area contributed by atoms with E-state index in [4.69, 9.17) is 0 Å². The Morgan fingerprint density at radius 2 is 1.70 bits per heavy atom. The van der Waals surface area contributed by atoms with Crippen LogP contribution in [0.1, 0.15) is 0 Å². The normalized spacial score (nSPS) is 22.6. The Balaban J connectivity index is 1.64. The first kappa shape index (κ1) is 13.9. The van der Waals surface area contributed by atoms with Crippen molar-refractivity contribution in [3.05, 3.63) is 30.1 Å². The molecule has 1 aromatic carbocycles. The fraction of sp³-hybridized carbons (Fsp3) is 0.538. The molecule has 0 aliphatic carbocycles. The minimum Gasteiger partial charge on any atom is -0.314 e. The summed E-state index contributed by atoms with van der Waals surface area (Å²) >= 11 is 0. The predicted octanol–water partition coefficient (Wildman–Crippen LogP) is 0.104. The Bertz CT molecular complexity index is 564. The zero-order valence-electron chi connectivity index (χ0n) is 11.1. The van der Waals surface area contributed by atoms with E-state index in [9.17, 15) is 12.8 Å². The van der Waals surface area contributed by atoms with Crippen LogP contribution in [-0.4, -0.2) is 62.9 Å². The third-order valence-corrected chi connectivity index (χ3v) is 5.79. The summed E-state index contributed by atoms with van der Waals surface area (Å²) in [5.74, 6) is -0.425. The van der Waals surface area contributed by atoms with Crippen LogP contribution in [0.5, 0.6) is 0 Å². The topological polar surface area (TPSA) is 52.7 Å². The average Bonchev–Trinajstić information content (AvgIpc) is 2.38. The van der Waals surface area contributed by atoms with Gasteiger partial charge in [0.1, 0.15) is 5.82 Å². The fourth-order valence-corrected chi connectivity index (χ4v) is 4.16. The number of halogens is 1. The van der Waals surface area contributed by atoms with Crippen LogP contribution in [0.15, 0.2) is 29.2 Å². The number of rotatable bonds is 3. The summed E-state index contributed by atoms with van der Waals surface area (Å²) in [7, 11) is -3.47. The Morgan fingerprint density at radius 3 is 2.30 bits per heavy atom. The lowest BCUT2D eigenvalue weighted by molar-refractivity contribution is 0.0773. The van der Waals surface area contributed by atoms with Crippen LogP contribution in [0.4, 0.5) is 4.39 Å². The van der Waals surface area contributed by atoms with E-state index >= 15 is 0 Å². The van der Waals surface area contributed by atoms with Gasteiger partial charge in [0, 0.05) is 45.3 Å². The molecule has 1 N–H and O–H groups in total. The molecule has 0 spiro atoms. The van der Waals surface area contributed by atoms with E-state index in [0.29, 0.717) is 19.1 Å². The average molecular weight is 299 g/mol. The maximum atomic E-state index is 12.9. The molecule has 2 aliphatic heterocycles. The molecule has 0 unspecified atom stereocenters. The van der Waals surface area contributed by atoms with Gasteiger partial charge >= 0.3 is 0 Å². The quantitative estimate of drug-likeness (QED) is 0.860. The van der Waals surface area contributed by atoms with Crippen LogP contribution in [0, 0.1) is 5.82 Å². The van der Waals surface area contributed by atoms with Crippen molar-refractivity contribution in [2.24, 2.45) is 0 Å². The lowest BCUT2D eigenvalue weighted by Gasteiger charge is -2.45. The number of nitrogens with one attached hydrogen (secondary N) is 1. The van der Waals surface area contributed by atoms with Crippen molar-refractivity contribution < 1.29 is 12.8 Å². The molecule has 3 rings (SSSR count). The highest BCUT2D eigenvalue weighted by molar-refractivity contribution is 7.89. The van der Waals surface area contributed by atoms with Crippen LogP contribution in [0.25, 0.3) is 0 Å². The first-order valence-electron chi connectivity index (χ1n) is 6.78. The van der Waals surface area contributed by atoms with E-state index in [2.05, 4.69) is 10.2 Å². The van der Waals surface area contributed by atoms with Crippen LogP contribution in [0.2, 0.25) is 0 Å². The van der Waals surface area contributed by atoms with Crippen molar-refractivity contribution in [1.29, 1.82) is 0 Å². The second kappa shape index (κ2) is 5.40. The monoisotopic (exact) mass is 299 g/mol. The standard InChI is InChI=1S/C13H18FN3O2S/c14-11-1-3-13(4-2-11)20(18,19)17-9-12(10-17)16-7-5-15-6-8-16/h1-4,12,15H,5-10H2. The Hall–Kier alpha value is -1.02. The number of piperazine rings is 1. The molecule has 0 bridgehead atoms. The maximum Gasteiger partial charge on any atom is 0.243 e. The molecule has 2 aliphatic rings. The molecule has 1 aromatic rings. The van der Waals surface area contributed by atoms with E-state index in [1.807, 2.05) is 0 Å². The molecular formula is C13H18FN3O2S. The van der Waals surface area contributed by atoms with Crippen molar-refractivity contribution in [2.75, 3.05) is 39.3 Å². The van der Waals surface area contributed by atoms with E-state index in [1.165, 1.54) is 28.6 Å². The number of hydrogen-bond acceptors (Lipinski definition) is 4. The van der Waals surface area contributed by atoms with Gasteiger partial charge in [-0.15, -0.1) is 0 Å². The Kier molecular flexibility index (Phi) is 3.76. The van der Waals surface area contributed by atoms with Gasteiger partial charge in [-0.05, 0) is 24.3 Å². The summed E-state index contributed by atoms with van der Waals surface area (Å²) in [6.07, 6.45) is 0. The van der Waals surface area contributed by atoms with Gasteiger partial charge in [0.15, 0.2) is 0 Å². The summed E-state index contributed by atoms with van der Waals surface area (Å²) in [4.78, 5) is 2.49. The SMILES string of the molecule is O=S(=O)(c1ccc(F)cc1)N1CC(N2CCNCC2)C1. The number of nitrogens with zero attached hydrogens (tertiary/aromatic N) is 2. The fourth-order valence-electron chi connectivity index (χ4n) is 2.65. The summed E-state index contributed by atoms with van der Waals surface area (Å²) < 4.78 is 39.0. The van der Waals surface area contributed by atoms with Crippen molar-refractivity contribution in [1.82, 2.24) is 14.5 Å². The Morgan fingerprint density at radius 1 is 1.10 bits per heavy atom. The van der Waals surface area contributed by atoms with Crippen LogP contribution in [0.3, 0.4) is 0 Å². The molecule has 2 saturated heterocycles. The predicted molar refractivity (Wildman–Crippen MR) is 73.4 cm³/mol. The molecular weight excluding hydrogens is 281 g/mol. The smallest absolute Gasteiger partial charge is 0.243 e. The third kappa shape index (κ3) is 2.58. The van der Waals surface area contributed by atoms with Gasteiger partial charge in [0.25, 0.3) is 0 Å². The van der Waals surface area contributed by atoms with E-state index in [-0.39, 0.29) is 4.90 Å². The van der Waals surface area contributed by atoms with Gasteiger partial charge < -0.3 is 5.32 Å². The van der Waals surface area contributed by atoms with Gasteiger partial charge in [-0.1, -0.05) is 0 Å². The van der Waals surface area contributed by atoms with Gasteiger partial charge in [-0.25, -0.2) is 12.8 Å². The van der Waals surface area contributed by atoms with E-state index in [1.54, 1.807) is 0 Å². The molecule has 7 heteroatoms. The van der Waals surface area contributed by atoms with E-state index < -0.39 is 15.8 Å². The van der Waals surface area contributed by atoms with Crippen LogP contribution < -0.4 is 5.32 Å². The largest absolute Gasteiger partial charge is 0.314 e. The summed E-state index contributed by atoms with van der Waals surface area (Å²) in [6.45, 7) is 4.91. The van der Waals surface area contributed by atoms with Crippen molar-refractivity contribution in [3.8, 4) is 0 Å². The summed E-state index contributed by atoms with van der Waals surface area (Å²) in [5.41, 5.74) is 0. The minimum absolute atomic E-state index is 0.165. The summed E-state index contributed by atoms with van der Waals surface area (Å²) in [6, 6.07) is 5.32. The second-order valence-electron chi connectivity index (χ2n) is 5.22. The van der Waals surface area contributed by atoms with Gasteiger partial charge in [-0.3, -0.25) is 4.90 Å². The Labute approximate surface area is 118 Å². The lowest BCUT2D eigenvalue weighted by Crippen LogP contribution is -2.63. The molecule has 0 atom stereocenters. The molecule has 20 heavy (non-hydrogen) atoms. The van der Waals surface area contributed by atoms with Crippen LogP contribution in [-0.2, 0) is 10.0 Å². The molecule has 0 amide bonds. The first-order chi connectivity index (χ1) is 9.57. The lowest BCUT2D eigenvalue weighted by atomic mass is 10.1. The molecule has 110 valence electrons. The molecule has 0 aromatic heterocycles. The highest BCUT2D eigenvalue weighted by Gasteiger charge is 2.39. The molecule has 0 radical (unpaired) electrons. The zero-order chi connectivity index (χ0) is 14.2. The zero-order valence-corrected chi connectivity index (χ0v) is 11.9. The minimum atomic E-state index is -3.47. The van der Waals surface area contributed by atoms with Gasteiger partial charge in [-0.2, -0.15) is 4.31 Å². The number of sulfonamides is 1. The number of hydrogen-bond donors (Lipinski definition) is 1. The second-order valence-corrected chi connectivity index (χ2v) is 7.15. The molecule has 2 fully saturated rings. The van der Waals surface area contributed by atoms with Gasteiger partial charge in [0.05, 0.1) is 4.90 Å². The molecule has 2 heterocycles. The van der Waals surface area contributed by atoms with Crippen molar-refractivity contribution in [3.63, 3.8) is 0 Å². The highest BCUT2D eigenvalue weighted by Crippen LogP contribution is 2.24. The van der Waals surface area contributed by atoms with Gasteiger partial charge in [0.2, 0.25) is 10.0 Å². The van der Waals surface area contributed by atoms with Crippen LogP contribution >= 0.6 is 0 Å². The summed E-state index contributed by atoms with van der Waals surface area (Å²) in [5, 5.41) is 3.28. The third-order valence-electron chi connectivity index (χ3n) is 3.95. The molecule has 0 saturated carbocycles. The van der Waals surface area contributed by atoms with E-state index in [0.717, 1.165) is 26.2 Å². The van der Waals surface area contributed by atoms with Crippen molar-refractivity contribution >= 4 is 10.0 Å². The first-order valence-corrected chi connectivity index (χ1v) is 8.22. The molecule has 5 nitrogen and oxygen atoms in total. The maximum absolute atomic E-state index is 12.9. The van der Waals surface area contributed by atoms with Crippen molar-refractivity contribution in [2.45, 2.75) is 10.9 Å².